The highest BCUT2D eigenvalue weighted by atomic mass is 16.4. The quantitative estimate of drug-likeness (QED) is 0.942. The van der Waals surface area contributed by atoms with Crippen molar-refractivity contribution in [1.29, 1.82) is 0 Å². The van der Waals surface area contributed by atoms with Crippen LogP contribution in [0.2, 0.25) is 0 Å². The number of carboxylic acids is 1. The maximum absolute atomic E-state index is 12.7. The molecule has 1 fully saturated rings. The second kappa shape index (κ2) is 5.91. The summed E-state index contributed by atoms with van der Waals surface area (Å²) in [5.74, 6) is -0.404. The summed E-state index contributed by atoms with van der Waals surface area (Å²) >= 11 is 0. The number of carboxylic acid groups (broad SMARTS) is 1. The van der Waals surface area contributed by atoms with Gasteiger partial charge in [0.1, 0.15) is 11.2 Å². The van der Waals surface area contributed by atoms with Gasteiger partial charge in [0.2, 0.25) is 0 Å². The number of nitrogens with zero attached hydrogens (tertiary/aromatic N) is 1. The van der Waals surface area contributed by atoms with Gasteiger partial charge in [-0.1, -0.05) is 37.3 Å². The molecular formula is C18H19NO4. The molecule has 23 heavy (non-hydrogen) atoms. The van der Waals surface area contributed by atoms with Gasteiger partial charge < -0.3 is 14.4 Å². The fourth-order valence-corrected chi connectivity index (χ4v) is 3.25. The summed E-state index contributed by atoms with van der Waals surface area (Å²) in [7, 11) is 0. The van der Waals surface area contributed by atoms with E-state index in [1.165, 1.54) is 6.26 Å². The molecular weight excluding hydrogens is 294 g/mol. The molecule has 1 aromatic carbocycles. The van der Waals surface area contributed by atoms with Crippen LogP contribution in [0.15, 0.2) is 47.1 Å². The molecule has 1 amide bonds. The average Bonchev–Trinajstić information content (AvgIpc) is 3.22. The van der Waals surface area contributed by atoms with Crippen LogP contribution in [-0.4, -0.2) is 35.0 Å². The van der Waals surface area contributed by atoms with E-state index in [-0.39, 0.29) is 12.5 Å². The summed E-state index contributed by atoms with van der Waals surface area (Å²) in [6, 6.07) is 10.8. The van der Waals surface area contributed by atoms with E-state index in [1.807, 2.05) is 37.3 Å². The first-order valence-electron chi connectivity index (χ1n) is 7.73. The number of hydrogen-bond donors (Lipinski definition) is 1. The van der Waals surface area contributed by atoms with Crippen molar-refractivity contribution >= 4 is 11.9 Å². The fraction of sp³-hybridized carbons (Fsp3) is 0.333. The third-order valence-electron chi connectivity index (χ3n) is 4.59. The second-order valence-corrected chi connectivity index (χ2v) is 5.84. The van der Waals surface area contributed by atoms with Crippen LogP contribution in [0.3, 0.4) is 0 Å². The minimum absolute atomic E-state index is 0.158. The van der Waals surface area contributed by atoms with Crippen LogP contribution in [0.25, 0.3) is 0 Å². The van der Waals surface area contributed by atoms with Crippen molar-refractivity contribution in [3.05, 3.63) is 59.5 Å². The predicted octanol–water partition coefficient (Wildman–Crippen LogP) is 2.71. The Morgan fingerprint density at radius 1 is 1.26 bits per heavy atom. The Morgan fingerprint density at radius 3 is 2.65 bits per heavy atom. The van der Waals surface area contributed by atoms with Crippen LogP contribution in [-0.2, 0) is 16.6 Å². The van der Waals surface area contributed by atoms with Crippen molar-refractivity contribution in [3.8, 4) is 0 Å². The van der Waals surface area contributed by atoms with Crippen LogP contribution in [0.5, 0.6) is 0 Å². The van der Waals surface area contributed by atoms with Crippen LogP contribution in [0.4, 0.5) is 0 Å². The van der Waals surface area contributed by atoms with E-state index in [0.29, 0.717) is 30.7 Å². The Kier molecular flexibility index (Phi) is 3.94. The standard InChI is InChI=1S/C18H19NO4/c1-2-15-14(8-11-23-15)16(20)19-10-9-18(12-19,17(21)22)13-6-4-3-5-7-13/h3-8,11H,2,9-10,12H2,1H3,(H,21,22). The predicted molar refractivity (Wildman–Crippen MR) is 84.4 cm³/mol. The second-order valence-electron chi connectivity index (χ2n) is 5.84. The number of carbonyl (C=O) groups is 2. The first-order chi connectivity index (χ1) is 11.1. The van der Waals surface area contributed by atoms with E-state index in [9.17, 15) is 14.7 Å². The van der Waals surface area contributed by atoms with Gasteiger partial charge in [-0.15, -0.1) is 0 Å². The molecule has 0 radical (unpaired) electrons. The van der Waals surface area contributed by atoms with E-state index in [0.717, 1.165) is 5.56 Å². The molecule has 1 atom stereocenters. The molecule has 1 aromatic heterocycles. The van der Waals surface area contributed by atoms with E-state index in [2.05, 4.69) is 0 Å². The van der Waals surface area contributed by atoms with Gasteiger partial charge in [-0.05, 0) is 18.1 Å². The Bertz CT molecular complexity index is 722. The maximum Gasteiger partial charge on any atom is 0.316 e. The Morgan fingerprint density at radius 2 is 2.00 bits per heavy atom. The molecule has 5 nitrogen and oxygen atoms in total. The lowest BCUT2D eigenvalue weighted by Gasteiger charge is -2.25. The molecule has 1 aliphatic heterocycles. The normalized spacial score (nSPS) is 20.7. The lowest BCUT2D eigenvalue weighted by molar-refractivity contribution is -0.143. The monoisotopic (exact) mass is 313 g/mol. The number of aliphatic carboxylic acids is 1. The van der Waals surface area contributed by atoms with E-state index in [4.69, 9.17) is 4.42 Å². The molecule has 120 valence electrons. The molecule has 1 unspecified atom stereocenters. The third kappa shape index (κ3) is 2.52. The van der Waals surface area contributed by atoms with Gasteiger partial charge in [-0.3, -0.25) is 9.59 Å². The number of amides is 1. The highest BCUT2D eigenvalue weighted by Gasteiger charge is 2.47. The van der Waals surface area contributed by atoms with Gasteiger partial charge >= 0.3 is 5.97 Å². The number of aryl methyl sites for hydroxylation is 1. The fourth-order valence-electron chi connectivity index (χ4n) is 3.25. The number of likely N-dealkylation sites (tertiary alicyclic amines) is 1. The Hall–Kier alpha value is -2.56. The average molecular weight is 313 g/mol. The molecule has 0 aliphatic carbocycles. The summed E-state index contributed by atoms with van der Waals surface area (Å²) in [6.45, 7) is 2.53. The molecule has 1 aliphatic rings. The van der Waals surface area contributed by atoms with Gasteiger partial charge in [0, 0.05) is 19.5 Å². The van der Waals surface area contributed by atoms with Gasteiger partial charge in [0.15, 0.2) is 0 Å². The lowest BCUT2D eigenvalue weighted by atomic mass is 9.80. The topological polar surface area (TPSA) is 70.8 Å². The first kappa shape index (κ1) is 15.3. The molecule has 2 heterocycles. The van der Waals surface area contributed by atoms with Gasteiger partial charge in [0.25, 0.3) is 5.91 Å². The van der Waals surface area contributed by atoms with Crippen molar-refractivity contribution < 1.29 is 19.1 Å². The highest BCUT2D eigenvalue weighted by Crippen LogP contribution is 2.36. The number of hydrogen-bond acceptors (Lipinski definition) is 3. The summed E-state index contributed by atoms with van der Waals surface area (Å²) in [4.78, 5) is 26.3. The SMILES string of the molecule is CCc1occc1C(=O)N1CCC(C(=O)O)(c2ccccc2)C1. The van der Waals surface area contributed by atoms with Gasteiger partial charge in [0.05, 0.1) is 11.8 Å². The van der Waals surface area contributed by atoms with E-state index >= 15 is 0 Å². The van der Waals surface area contributed by atoms with Gasteiger partial charge in [-0.25, -0.2) is 0 Å². The van der Waals surface area contributed by atoms with Crippen molar-refractivity contribution in [2.75, 3.05) is 13.1 Å². The molecule has 1 N–H and O–H groups in total. The number of rotatable bonds is 4. The minimum Gasteiger partial charge on any atom is -0.481 e. The minimum atomic E-state index is -1.03. The molecule has 1 saturated heterocycles. The molecule has 3 rings (SSSR count). The molecule has 2 aromatic rings. The number of furan rings is 1. The summed E-state index contributed by atoms with van der Waals surface area (Å²) in [6.07, 6.45) is 2.55. The summed E-state index contributed by atoms with van der Waals surface area (Å²) in [5, 5.41) is 9.79. The van der Waals surface area contributed by atoms with Crippen LogP contribution < -0.4 is 0 Å². The zero-order valence-corrected chi connectivity index (χ0v) is 13.0. The van der Waals surface area contributed by atoms with Gasteiger partial charge in [-0.2, -0.15) is 0 Å². The smallest absolute Gasteiger partial charge is 0.316 e. The number of carbonyl (C=O) groups excluding carboxylic acids is 1. The van der Waals surface area contributed by atoms with Crippen LogP contribution in [0, 0.1) is 0 Å². The first-order valence-corrected chi connectivity index (χ1v) is 7.73. The molecule has 0 spiro atoms. The third-order valence-corrected chi connectivity index (χ3v) is 4.59. The molecule has 0 saturated carbocycles. The van der Waals surface area contributed by atoms with Crippen molar-refractivity contribution in [3.63, 3.8) is 0 Å². The van der Waals surface area contributed by atoms with Crippen molar-refractivity contribution in [1.82, 2.24) is 4.90 Å². The zero-order chi connectivity index (χ0) is 16.4. The maximum atomic E-state index is 12.7. The lowest BCUT2D eigenvalue weighted by Crippen LogP contribution is -2.40. The van der Waals surface area contributed by atoms with Crippen LogP contribution >= 0.6 is 0 Å². The van der Waals surface area contributed by atoms with E-state index < -0.39 is 11.4 Å². The largest absolute Gasteiger partial charge is 0.481 e. The van der Waals surface area contributed by atoms with E-state index in [1.54, 1.807) is 11.0 Å². The number of benzene rings is 1. The zero-order valence-electron chi connectivity index (χ0n) is 13.0. The van der Waals surface area contributed by atoms with Crippen LogP contribution in [0.1, 0.15) is 35.0 Å². The Balaban J connectivity index is 1.89. The molecule has 0 bridgehead atoms. The summed E-state index contributed by atoms with van der Waals surface area (Å²) in [5.41, 5.74) is 0.236. The van der Waals surface area contributed by atoms with Crippen molar-refractivity contribution in [2.45, 2.75) is 25.2 Å². The van der Waals surface area contributed by atoms with Crippen molar-refractivity contribution in [2.24, 2.45) is 0 Å². The highest BCUT2D eigenvalue weighted by molar-refractivity contribution is 5.96. The summed E-state index contributed by atoms with van der Waals surface area (Å²) < 4.78 is 5.31. The molecule has 5 heteroatoms. The Labute approximate surface area is 134 Å².